The first-order valence-corrected chi connectivity index (χ1v) is 7.45. The number of rotatable bonds is 5. The van der Waals surface area contributed by atoms with E-state index in [0.717, 1.165) is 6.07 Å². The highest BCUT2D eigenvalue weighted by atomic mass is 19.1. The van der Waals surface area contributed by atoms with E-state index in [0.29, 0.717) is 23.0 Å². The summed E-state index contributed by atoms with van der Waals surface area (Å²) in [6.07, 6.45) is 0. The molecule has 0 saturated heterocycles. The molecule has 0 aliphatic rings. The number of hydrogen-bond donors (Lipinski definition) is 1. The van der Waals surface area contributed by atoms with Gasteiger partial charge in [-0.15, -0.1) is 5.10 Å². The summed E-state index contributed by atoms with van der Waals surface area (Å²) in [5.74, 6) is -0.279. The van der Waals surface area contributed by atoms with Crippen LogP contribution in [0, 0.1) is 5.82 Å². The summed E-state index contributed by atoms with van der Waals surface area (Å²) < 4.78 is 25.5. The highest BCUT2D eigenvalue weighted by Gasteiger charge is 2.16. The van der Waals surface area contributed by atoms with Crippen molar-refractivity contribution in [1.29, 1.82) is 0 Å². The zero-order chi connectivity index (χ0) is 18.7. The van der Waals surface area contributed by atoms with Crippen molar-refractivity contribution >= 4 is 11.6 Å². The summed E-state index contributed by atoms with van der Waals surface area (Å²) in [5, 5.41) is 13.7. The van der Waals surface area contributed by atoms with Gasteiger partial charge in [-0.3, -0.25) is 4.79 Å². The zero-order valence-corrected chi connectivity index (χ0v) is 14.2. The Hall–Kier alpha value is -3.56. The fraction of sp³-hybridized carbons (Fsp3) is 0.188. The van der Waals surface area contributed by atoms with Crippen molar-refractivity contribution in [2.24, 2.45) is 7.05 Å². The molecule has 1 aromatic carbocycles. The Morgan fingerprint density at radius 3 is 2.65 bits per heavy atom. The molecule has 0 fully saturated rings. The molecule has 3 rings (SSSR count). The molecular weight excluding hydrogens is 343 g/mol. The summed E-state index contributed by atoms with van der Waals surface area (Å²) in [4.78, 5) is 16.6. The number of pyridine rings is 1. The quantitative estimate of drug-likeness (QED) is 0.740. The smallest absolute Gasteiger partial charge is 0.255 e. The van der Waals surface area contributed by atoms with E-state index < -0.39 is 11.7 Å². The molecule has 9 nitrogen and oxygen atoms in total. The third-order valence-electron chi connectivity index (χ3n) is 3.52. The number of halogens is 1. The number of amides is 1. The van der Waals surface area contributed by atoms with Crippen LogP contribution in [-0.2, 0) is 7.05 Å². The number of hydrogen-bond acceptors (Lipinski definition) is 7. The minimum absolute atomic E-state index is 0.0980. The third-order valence-corrected chi connectivity index (χ3v) is 3.52. The molecule has 0 unspecified atom stereocenters. The SMILES string of the molecule is COc1ccc(NC(=O)c2cc(F)cc(-c3nnnn3C)c2)c(OC)n1. The number of carbonyl (C=O) groups is 1. The first-order chi connectivity index (χ1) is 12.5. The molecule has 0 spiro atoms. The summed E-state index contributed by atoms with van der Waals surface area (Å²) in [6.45, 7) is 0. The lowest BCUT2D eigenvalue weighted by atomic mass is 10.1. The van der Waals surface area contributed by atoms with Gasteiger partial charge in [0, 0.05) is 24.2 Å². The third kappa shape index (κ3) is 3.43. The minimum Gasteiger partial charge on any atom is -0.481 e. The number of carbonyl (C=O) groups excluding carboxylic acids is 1. The van der Waals surface area contributed by atoms with E-state index in [-0.39, 0.29) is 11.4 Å². The van der Waals surface area contributed by atoms with Gasteiger partial charge in [-0.2, -0.15) is 4.98 Å². The topological polar surface area (TPSA) is 104 Å². The van der Waals surface area contributed by atoms with Gasteiger partial charge in [0.05, 0.1) is 14.2 Å². The summed E-state index contributed by atoms with van der Waals surface area (Å²) >= 11 is 0. The molecule has 0 aliphatic heterocycles. The molecule has 0 atom stereocenters. The lowest BCUT2D eigenvalue weighted by Gasteiger charge is -2.11. The number of nitrogens with one attached hydrogen (secondary N) is 1. The van der Waals surface area contributed by atoms with Crippen LogP contribution in [0.15, 0.2) is 30.3 Å². The second kappa shape index (κ2) is 7.13. The Morgan fingerprint density at radius 1 is 1.19 bits per heavy atom. The van der Waals surface area contributed by atoms with Gasteiger partial charge >= 0.3 is 0 Å². The monoisotopic (exact) mass is 358 g/mol. The average Bonchev–Trinajstić information content (AvgIpc) is 3.07. The normalized spacial score (nSPS) is 10.5. The van der Waals surface area contributed by atoms with Crippen LogP contribution in [0.1, 0.15) is 10.4 Å². The first-order valence-electron chi connectivity index (χ1n) is 7.45. The maximum atomic E-state index is 14.0. The molecule has 0 bridgehead atoms. The number of benzene rings is 1. The van der Waals surface area contributed by atoms with E-state index in [1.54, 1.807) is 19.2 Å². The Balaban J connectivity index is 1.91. The number of aryl methyl sites for hydroxylation is 1. The van der Waals surface area contributed by atoms with Crippen LogP contribution in [-0.4, -0.2) is 45.3 Å². The van der Waals surface area contributed by atoms with Crippen molar-refractivity contribution in [3.05, 3.63) is 41.7 Å². The molecule has 1 N–H and O–H groups in total. The Kier molecular flexibility index (Phi) is 4.74. The number of methoxy groups -OCH3 is 2. The maximum absolute atomic E-state index is 14.0. The first kappa shape index (κ1) is 17.3. The highest BCUT2D eigenvalue weighted by Crippen LogP contribution is 2.26. The van der Waals surface area contributed by atoms with Gasteiger partial charge in [0.2, 0.25) is 11.8 Å². The Morgan fingerprint density at radius 2 is 2.00 bits per heavy atom. The van der Waals surface area contributed by atoms with Crippen LogP contribution < -0.4 is 14.8 Å². The molecule has 2 aromatic heterocycles. The number of anilines is 1. The van der Waals surface area contributed by atoms with E-state index in [9.17, 15) is 9.18 Å². The molecular formula is C16H15FN6O3. The van der Waals surface area contributed by atoms with Gasteiger partial charge in [-0.25, -0.2) is 9.07 Å². The highest BCUT2D eigenvalue weighted by molar-refractivity contribution is 6.05. The fourth-order valence-electron chi connectivity index (χ4n) is 2.31. The van der Waals surface area contributed by atoms with Crippen LogP contribution >= 0.6 is 0 Å². The molecule has 3 aromatic rings. The Labute approximate surface area is 147 Å². The lowest BCUT2D eigenvalue weighted by Crippen LogP contribution is -2.14. The summed E-state index contributed by atoms with van der Waals surface area (Å²) in [6, 6.07) is 7.01. The number of tetrazole rings is 1. The zero-order valence-electron chi connectivity index (χ0n) is 14.2. The molecule has 1 amide bonds. The van der Waals surface area contributed by atoms with Crippen LogP contribution in [0.3, 0.4) is 0 Å². The molecule has 0 saturated carbocycles. The maximum Gasteiger partial charge on any atom is 0.255 e. The van der Waals surface area contributed by atoms with E-state index in [1.165, 1.54) is 31.0 Å². The van der Waals surface area contributed by atoms with Gasteiger partial charge in [-0.1, -0.05) is 0 Å². The fourth-order valence-corrected chi connectivity index (χ4v) is 2.31. The molecule has 134 valence electrons. The molecule has 0 aliphatic carbocycles. The van der Waals surface area contributed by atoms with Crippen molar-refractivity contribution in [1.82, 2.24) is 25.2 Å². The summed E-state index contributed by atoms with van der Waals surface area (Å²) in [7, 11) is 4.50. The van der Waals surface area contributed by atoms with E-state index in [1.807, 2.05) is 0 Å². The van der Waals surface area contributed by atoms with Gasteiger partial charge in [0.1, 0.15) is 11.5 Å². The standard InChI is InChI=1S/C16H15FN6O3/c1-23-14(20-21-22-23)9-6-10(8-11(17)7-9)15(24)18-12-4-5-13(25-2)19-16(12)26-3/h4-8H,1-3H3,(H,18,24). The van der Waals surface area contributed by atoms with Crippen molar-refractivity contribution in [3.8, 4) is 23.1 Å². The predicted molar refractivity (Wildman–Crippen MR) is 89.5 cm³/mol. The number of ether oxygens (including phenoxy) is 2. The number of nitrogens with zero attached hydrogens (tertiary/aromatic N) is 5. The molecule has 10 heteroatoms. The van der Waals surface area contributed by atoms with Crippen LogP contribution in [0.5, 0.6) is 11.8 Å². The average molecular weight is 358 g/mol. The van der Waals surface area contributed by atoms with E-state index in [2.05, 4.69) is 25.8 Å². The minimum atomic E-state index is -0.588. The molecule has 26 heavy (non-hydrogen) atoms. The number of aromatic nitrogens is 5. The second-order valence-corrected chi connectivity index (χ2v) is 5.22. The summed E-state index contributed by atoms with van der Waals surface area (Å²) in [5.41, 5.74) is 0.799. The van der Waals surface area contributed by atoms with Crippen molar-refractivity contribution in [2.45, 2.75) is 0 Å². The van der Waals surface area contributed by atoms with Crippen LogP contribution in [0.2, 0.25) is 0 Å². The lowest BCUT2D eigenvalue weighted by molar-refractivity contribution is 0.102. The second-order valence-electron chi connectivity index (χ2n) is 5.22. The van der Waals surface area contributed by atoms with Gasteiger partial charge < -0.3 is 14.8 Å². The molecule has 0 radical (unpaired) electrons. The van der Waals surface area contributed by atoms with Gasteiger partial charge in [-0.05, 0) is 34.7 Å². The van der Waals surface area contributed by atoms with Crippen molar-refractivity contribution < 1.29 is 18.7 Å². The van der Waals surface area contributed by atoms with Crippen molar-refractivity contribution in [2.75, 3.05) is 19.5 Å². The van der Waals surface area contributed by atoms with Gasteiger partial charge in [0.25, 0.3) is 5.91 Å². The van der Waals surface area contributed by atoms with E-state index >= 15 is 0 Å². The Bertz CT molecular complexity index is 959. The van der Waals surface area contributed by atoms with Crippen LogP contribution in [0.25, 0.3) is 11.4 Å². The largest absolute Gasteiger partial charge is 0.481 e. The van der Waals surface area contributed by atoms with E-state index in [4.69, 9.17) is 9.47 Å². The van der Waals surface area contributed by atoms with Gasteiger partial charge in [0.15, 0.2) is 5.82 Å². The molecule has 2 heterocycles. The van der Waals surface area contributed by atoms with Crippen molar-refractivity contribution in [3.63, 3.8) is 0 Å². The predicted octanol–water partition coefficient (Wildman–Crippen LogP) is 1.68. The van der Waals surface area contributed by atoms with Crippen LogP contribution in [0.4, 0.5) is 10.1 Å².